The molecule has 4 amide bonds. The third kappa shape index (κ3) is 4.38. The number of hydrogen-bond acceptors (Lipinski definition) is 2. The predicted molar refractivity (Wildman–Crippen MR) is 97.6 cm³/mol. The molecule has 1 aliphatic heterocycles. The van der Waals surface area contributed by atoms with Crippen molar-refractivity contribution in [1.29, 1.82) is 0 Å². The first-order chi connectivity index (χ1) is 12.5. The highest BCUT2D eigenvalue weighted by Crippen LogP contribution is 2.31. The zero-order valence-corrected chi connectivity index (χ0v) is 15.6. The van der Waals surface area contributed by atoms with Crippen LogP contribution in [0.4, 0.5) is 14.0 Å². The molecule has 0 radical (unpaired) electrons. The Bertz CT molecular complexity index is 683. The van der Waals surface area contributed by atoms with E-state index in [0.717, 1.165) is 25.7 Å². The summed E-state index contributed by atoms with van der Waals surface area (Å²) in [4.78, 5) is 28.3. The van der Waals surface area contributed by atoms with Gasteiger partial charge in [0.05, 0.1) is 6.04 Å². The van der Waals surface area contributed by atoms with Crippen LogP contribution in [0.5, 0.6) is 0 Å². The maximum atomic E-state index is 13.9. The van der Waals surface area contributed by atoms with Crippen LogP contribution in [0.15, 0.2) is 18.2 Å². The molecule has 2 aliphatic rings. The number of piperidine rings is 1. The molecule has 1 atom stereocenters. The summed E-state index contributed by atoms with van der Waals surface area (Å²) in [7, 11) is 1.61. The highest BCUT2D eigenvalue weighted by atomic mass is 35.5. The Balaban J connectivity index is 1.63. The van der Waals surface area contributed by atoms with E-state index in [1.807, 2.05) is 4.90 Å². The van der Waals surface area contributed by atoms with Gasteiger partial charge < -0.3 is 20.4 Å². The first-order valence-electron chi connectivity index (χ1n) is 8.96. The minimum atomic E-state index is -0.431. The van der Waals surface area contributed by atoms with Gasteiger partial charge in [-0.2, -0.15) is 0 Å². The average Bonchev–Trinajstić information content (AvgIpc) is 3.45. The molecule has 0 bridgehead atoms. The van der Waals surface area contributed by atoms with E-state index in [-0.39, 0.29) is 30.7 Å². The Morgan fingerprint density at radius 1 is 1.31 bits per heavy atom. The lowest BCUT2D eigenvalue weighted by Crippen LogP contribution is -2.56. The van der Waals surface area contributed by atoms with Crippen molar-refractivity contribution in [3.63, 3.8) is 0 Å². The largest absolute Gasteiger partial charge is 0.341 e. The van der Waals surface area contributed by atoms with Crippen LogP contribution in [0.3, 0.4) is 0 Å². The van der Waals surface area contributed by atoms with Crippen LogP contribution in [0, 0.1) is 5.82 Å². The Labute approximate surface area is 157 Å². The van der Waals surface area contributed by atoms with Gasteiger partial charge in [-0.15, -0.1) is 0 Å². The molecule has 0 aromatic heterocycles. The van der Waals surface area contributed by atoms with Gasteiger partial charge in [-0.1, -0.05) is 17.7 Å². The molecule has 26 heavy (non-hydrogen) atoms. The fourth-order valence-electron chi connectivity index (χ4n) is 3.43. The lowest BCUT2D eigenvalue weighted by molar-refractivity contribution is 0.116. The van der Waals surface area contributed by atoms with Crippen molar-refractivity contribution in [2.24, 2.45) is 0 Å². The maximum Gasteiger partial charge on any atom is 0.318 e. The number of rotatable bonds is 4. The normalized spacial score (nSPS) is 19.8. The van der Waals surface area contributed by atoms with Gasteiger partial charge in [0.2, 0.25) is 0 Å². The van der Waals surface area contributed by atoms with Gasteiger partial charge in [0.15, 0.2) is 0 Å². The molecule has 1 saturated carbocycles. The SMILES string of the molecule is CNC(=O)N1CCC[C@@H](N(C(=O)NCc2ccc(Cl)cc2F)C2CC2)C1. The number of benzene rings is 1. The first kappa shape index (κ1) is 18.8. The van der Waals surface area contributed by atoms with Crippen molar-refractivity contribution in [3.05, 3.63) is 34.6 Å². The molecule has 2 N–H and O–H groups in total. The number of hydrogen-bond donors (Lipinski definition) is 2. The monoisotopic (exact) mass is 382 g/mol. The van der Waals surface area contributed by atoms with Crippen molar-refractivity contribution >= 4 is 23.7 Å². The van der Waals surface area contributed by atoms with Crippen LogP contribution in [0.1, 0.15) is 31.2 Å². The molecule has 1 aliphatic carbocycles. The first-order valence-corrected chi connectivity index (χ1v) is 9.34. The summed E-state index contributed by atoms with van der Waals surface area (Å²) in [6.45, 7) is 1.34. The van der Waals surface area contributed by atoms with E-state index in [4.69, 9.17) is 11.6 Å². The van der Waals surface area contributed by atoms with Crippen molar-refractivity contribution in [1.82, 2.24) is 20.4 Å². The van der Waals surface area contributed by atoms with Crippen LogP contribution in [0.2, 0.25) is 5.02 Å². The maximum absolute atomic E-state index is 13.9. The minimum absolute atomic E-state index is 0.0105. The molecule has 142 valence electrons. The number of urea groups is 2. The Morgan fingerprint density at radius 2 is 2.08 bits per heavy atom. The van der Waals surface area contributed by atoms with Crippen molar-refractivity contribution in [3.8, 4) is 0 Å². The summed E-state index contributed by atoms with van der Waals surface area (Å²) in [5.74, 6) is -0.431. The lowest BCUT2D eigenvalue weighted by atomic mass is 10.0. The second-order valence-corrected chi connectivity index (χ2v) is 7.27. The van der Waals surface area contributed by atoms with Gasteiger partial charge in [0, 0.05) is 43.3 Å². The lowest BCUT2D eigenvalue weighted by Gasteiger charge is -2.39. The number of likely N-dealkylation sites (tertiary alicyclic amines) is 1. The predicted octanol–water partition coefficient (Wildman–Crippen LogP) is 2.96. The minimum Gasteiger partial charge on any atom is -0.341 e. The molecule has 0 unspecified atom stereocenters. The summed E-state index contributed by atoms with van der Waals surface area (Å²) in [5.41, 5.74) is 0.397. The summed E-state index contributed by atoms with van der Waals surface area (Å²) < 4.78 is 13.9. The quantitative estimate of drug-likeness (QED) is 0.840. The van der Waals surface area contributed by atoms with Crippen molar-refractivity contribution < 1.29 is 14.0 Å². The summed E-state index contributed by atoms with van der Waals surface area (Å²) >= 11 is 5.76. The van der Waals surface area contributed by atoms with E-state index >= 15 is 0 Å². The Hall–Kier alpha value is -2.02. The second kappa shape index (κ2) is 8.12. The van der Waals surface area contributed by atoms with E-state index in [1.165, 1.54) is 6.07 Å². The van der Waals surface area contributed by atoms with Crippen LogP contribution < -0.4 is 10.6 Å². The van der Waals surface area contributed by atoms with Gasteiger partial charge in [0.25, 0.3) is 0 Å². The summed E-state index contributed by atoms with van der Waals surface area (Å²) in [5, 5.41) is 5.79. The number of carbonyl (C=O) groups excluding carboxylic acids is 2. The van der Waals surface area contributed by atoms with Crippen LogP contribution >= 0.6 is 11.6 Å². The van der Waals surface area contributed by atoms with E-state index in [1.54, 1.807) is 24.1 Å². The smallest absolute Gasteiger partial charge is 0.318 e. The zero-order chi connectivity index (χ0) is 18.7. The fourth-order valence-corrected chi connectivity index (χ4v) is 3.59. The topological polar surface area (TPSA) is 64.7 Å². The Morgan fingerprint density at radius 3 is 2.73 bits per heavy atom. The molecule has 1 aromatic carbocycles. The number of amides is 4. The molecule has 1 aromatic rings. The second-order valence-electron chi connectivity index (χ2n) is 6.83. The molecule has 2 fully saturated rings. The molecule has 0 spiro atoms. The molecule has 6 nitrogen and oxygen atoms in total. The van der Waals surface area contributed by atoms with Crippen LogP contribution in [0.25, 0.3) is 0 Å². The summed E-state index contributed by atoms with van der Waals surface area (Å²) in [6, 6.07) is 4.30. The molecule has 8 heteroatoms. The average molecular weight is 383 g/mol. The van der Waals surface area contributed by atoms with E-state index < -0.39 is 5.82 Å². The number of halogens is 2. The zero-order valence-electron chi connectivity index (χ0n) is 14.8. The molecule has 1 saturated heterocycles. The van der Waals surface area contributed by atoms with Gasteiger partial charge in [-0.25, -0.2) is 14.0 Å². The van der Waals surface area contributed by atoms with Crippen molar-refractivity contribution in [2.75, 3.05) is 20.1 Å². The number of nitrogens with zero attached hydrogens (tertiary/aromatic N) is 2. The van der Waals surface area contributed by atoms with Gasteiger partial charge in [-0.05, 0) is 37.8 Å². The van der Waals surface area contributed by atoms with Crippen LogP contribution in [-0.2, 0) is 6.54 Å². The molecular weight excluding hydrogens is 359 g/mol. The van der Waals surface area contributed by atoms with Crippen molar-refractivity contribution in [2.45, 2.75) is 44.3 Å². The number of nitrogens with one attached hydrogen (secondary N) is 2. The highest BCUT2D eigenvalue weighted by Gasteiger charge is 2.39. The molecule has 1 heterocycles. The third-order valence-corrected chi connectivity index (χ3v) is 5.15. The standard InChI is InChI=1S/C18H24ClFN4O2/c1-21-17(25)23-8-2-3-15(11-23)24(14-6-7-14)18(26)22-10-12-4-5-13(19)9-16(12)20/h4-5,9,14-15H,2-3,6-8,10-11H2,1H3,(H,21,25)(H,22,26)/t15-/m1/s1. The summed E-state index contributed by atoms with van der Waals surface area (Å²) in [6.07, 6.45) is 3.67. The van der Waals surface area contributed by atoms with E-state index in [9.17, 15) is 14.0 Å². The van der Waals surface area contributed by atoms with Gasteiger partial charge >= 0.3 is 12.1 Å². The molecule has 3 rings (SSSR count). The highest BCUT2D eigenvalue weighted by molar-refractivity contribution is 6.30. The third-order valence-electron chi connectivity index (χ3n) is 4.91. The van der Waals surface area contributed by atoms with Gasteiger partial charge in [0.1, 0.15) is 5.82 Å². The van der Waals surface area contributed by atoms with Gasteiger partial charge in [-0.3, -0.25) is 0 Å². The molecular formula is C18H24ClFN4O2. The number of carbonyl (C=O) groups is 2. The van der Waals surface area contributed by atoms with E-state index in [0.29, 0.717) is 23.7 Å². The fraction of sp³-hybridized carbons (Fsp3) is 0.556. The Kier molecular flexibility index (Phi) is 5.86. The van der Waals surface area contributed by atoms with Crippen LogP contribution in [-0.4, -0.2) is 54.1 Å². The van der Waals surface area contributed by atoms with E-state index in [2.05, 4.69) is 10.6 Å².